The number of amides is 2. The van der Waals surface area contributed by atoms with E-state index >= 15 is 0 Å². The molecule has 0 heterocycles. The Bertz CT molecular complexity index is 524. The molecule has 2 amide bonds. The number of carboxylic acid groups (broad SMARTS) is 1. The van der Waals surface area contributed by atoms with Gasteiger partial charge in [0.1, 0.15) is 12.4 Å². The molecule has 23 heavy (non-hydrogen) atoms. The number of rotatable bonds is 8. The van der Waals surface area contributed by atoms with E-state index < -0.39 is 5.97 Å². The third kappa shape index (κ3) is 7.54. The van der Waals surface area contributed by atoms with E-state index in [0.717, 1.165) is 11.3 Å². The first-order valence-electron chi connectivity index (χ1n) is 7.76. The molecule has 0 spiro atoms. The summed E-state index contributed by atoms with van der Waals surface area (Å²) in [5, 5.41) is 13.8. The lowest BCUT2D eigenvalue weighted by Gasteiger charge is -2.22. The van der Waals surface area contributed by atoms with Gasteiger partial charge >= 0.3 is 12.0 Å². The Hall–Kier alpha value is -2.24. The lowest BCUT2D eigenvalue weighted by Crippen LogP contribution is -2.38. The monoisotopic (exact) mass is 322 g/mol. The quantitative estimate of drug-likeness (QED) is 0.642. The largest absolute Gasteiger partial charge is 0.491 e. The number of carbonyl (C=O) groups is 2. The average molecular weight is 322 g/mol. The molecule has 0 aliphatic heterocycles. The molecule has 0 fully saturated rings. The Morgan fingerprint density at radius 2 is 1.78 bits per heavy atom. The van der Waals surface area contributed by atoms with Crippen molar-refractivity contribution < 1.29 is 19.4 Å². The molecular weight excluding hydrogens is 296 g/mol. The summed E-state index contributed by atoms with van der Waals surface area (Å²) >= 11 is 0. The summed E-state index contributed by atoms with van der Waals surface area (Å²) in [4.78, 5) is 21.8. The second-order valence-electron chi connectivity index (χ2n) is 6.27. The highest BCUT2D eigenvalue weighted by Gasteiger charge is 2.18. The van der Waals surface area contributed by atoms with Crippen LogP contribution in [0.4, 0.5) is 4.79 Å². The minimum atomic E-state index is -0.863. The Labute approximate surface area is 137 Å². The number of ether oxygens (including phenoxy) is 1. The normalized spacial score (nSPS) is 10.9. The summed E-state index contributed by atoms with van der Waals surface area (Å²) in [7, 11) is 0. The molecule has 0 saturated heterocycles. The predicted octanol–water partition coefficient (Wildman–Crippen LogP) is 2.53. The van der Waals surface area contributed by atoms with Gasteiger partial charge in [0.2, 0.25) is 0 Å². The molecule has 0 bridgehead atoms. The van der Waals surface area contributed by atoms with Crippen LogP contribution in [-0.4, -0.2) is 36.8 Å². The van der Waals surface area contributed by atoms with E-state index in [-0.39, 0.29) is 17.9 Å². The molecule has 1 aromatic rings. The summed E-state index contributed by atoms with van der Waals surface area (Å²) in [5.74, 6) is -0.0400. The van der Waals surface area contributed by atoms with Crippen molar-refractivity contribution in [2.24, 2.45) is 0 Å². The van der Waals surface area contributed by atoms with Gasteiger partial charge in [0.05, 0.1) is 6.54 Å². The summed E-state index contributed by atoms with van der Waals surface area (Å²) in [6.45, 7) is 7.46. The molecule has 0 saturated carbocycles. The Morgan fingerprint density at radius 3 is 2.43 bits per heavy atom. The molecule has 3 N–H and O–H groups in total. The maximum absolute atomic E-state index is 11.5. The lowest BCUT2D eigenvalue weighted by atomic mass is 9.86. The number of para-hydroxylation sites is 1. The number of hydrogen-bond acceptors (Lipinski definition) is 3. The topological polar surface area (TPSA) is 87.7 Å². The van der Waals surface area contributed by atoms with Gasteiger partial charge in [-0.2, -0.15) is 0 Å². The van der Waals surface area contributed by atoms with E-state index in [0.29, 0.717) is 26.1 Å². The van der Waals surface area contributed by atoms with Crippen molar-refractivity contribution >= 4 is 12.0 Å². The first-order chi connectivity index (χ1) is 10.8. The fourth-order valence-electron chi connectivity index (χ4n) is 2.04. The number of carbonyl (C=O) groups excluding carboxylic acids is 1. The van der Waals surface area contributed by atoms with Gasteiger partial charge in [-0.05, 0) is 23.5 Å². The second-order valence-corrected chi connectivity index (χ2v) is 6.27. The van der Waals surface area contributed by atoms with Crippen molar-refractivity contribution in [1.82, 2.24) is 10.6 Å². The minimum absolute atomic E-state index is 0.00840. The smallest absolute Gasteiger partial charge is 0.314 e. The number of urea groups is 1. The van der Waals surface area contributed by atoms with Crippen LogP contribution in [0.25, 0.3) is 0 Å². The van der Waals surface area contributed by atoms with Crippen molar-refractivity contribution in [3.8, 4) is 5.75 Å². The van der Waals surface area contributed by atoms with Gasteiger partial charge < -0.3 is 20.5 Å². The van der Waals surface area contributed by atoms with Crippen LogP contribution in [0.5, 0.6) is 5.75 Å². The number of aliphatic carboxylic acids is 1. The highest BCUT2D eigenvalue weighted by atomic mass is 16.5. The summed E-state index contributed by atoms with van der Waals surface area (Å²) < 4.78 is 5.75. The minimum Gasteiger partial charge on any atom is -0.491 e. The number of hydrogen-bond donors (Lipinski definition) is 3. The lowest BCUT2D eigenvalue weighted by molar-refractivity contribution is -0.137. The number of nitrogens with one attached hydrogen (secondary N) is 2. The van der Waals surface area contributed by atoms with Crippen LogP contribution in [0.1, 0.15) is 39.2 Å². The van der Waals surface area contributed by atoms with Crippen molar-refractivity contribution in [3.05, 3.63) is 29.8 Å². The van der Waals surface area contributed by atoms with E-state index in [1.54, 1.807) is 0 Å². The molecule has 0 unspecified atom stereocenters. The Kier molecular flexibility index (Phi) is 7.38. The van der Waals surface area contributed by atoms with Gasteiger partial charge in [0, 0.05) is 13.0 Å². The molecule has 1 aromatic carbocycles. The van der Waals surface area contributed by atoms with E-state index in [2.05, 4.69) is 31.4 Å². The van der Waals surface area contributed by atoms with E-state index in [4.69, 9.17) is 9.84 Å². The van der Waals surface area contributed by atoms with Crippen molar-refractivity contribution in [3.63, 3.8) is 0 Å². The van der Waals surface area contributed by atoms with Crippen LogP contribution in [0.2, 0.25) is 0 Å². The maximum atomic E-state index is 11.5. The van der Waals surface area contributed by atoms with Crippen LogP contribution in [0.3, 0.4) is 0 Å². The van der Waals surface area contributed by atoms with E-state index in [1.807, 2.05) is 24.3 Å². The fraction of sp³-hybridized carbons (Fsp3) is 0.529. The molecule has 0 aliphatic carbocycles. The molecule has 0 aromatic heterocycles. The maximum Gasteiger partial charge on any atom is 0.314 e. The number of carboxylic acids is 1. The molecule has 0 aliphatic rings. The molecule has 1 rings (SSSR count). The van der Waals surface area contributed by atoms with Crippen LogP contribution >= 0.6 is 0 Å². The van der Waals surface area contributed by atoms with Gasteiger partial charge in [0.15, 0.2) is 0 Å². The highest BCUT2D eigenvalue weighted by molar-refractivity contribution is 5.73. The van der Waals surface area contributed by atoms with Crippen LogP contribution in [-0.2, 0) is 10.2 Å². The molecule has 128 valence electrons. The van der Waals surface area contributed by atoms with Gasteiger partial charge in [-0.25, -0.2) is 4.79 Å². The zero-order valence-electron chi connectivity index (χ0n) is 14.0. The van der Waals surface area contributed by atoms with E-state index in [1.165, 1.54) is 0 Å². The standard InChI is InChI=1S/C17H26N2O4/c1-17(2,3)13-7-4-5-8-14(13)23-12-11-19-16(22)18-10-6-9-15(20)21/h4-5,7-8H,6,9-12H2,1-3H3,(H,20,21)(H2,18,19,22). The van der Waals surface area contributed by atoms with Crippen molar-refractivity contribution in [2.75, 3.05) is 19.7 Å². The molecule has 0 atom stereocenters. The van der Waals surface area contributed by atoms with Gasteiger partial charge in [-0.3, -0.25) is 4.79 Å². The van der Waals surface area contributed by atoms with Crippen LogP contribution in [0.15, 0.2) is 24.3 Å². The number of benzene rings is 1. The second kappa shape index (κ2) is 9.02. The predicted molar refractivity (Wildman–Crippen MR) is 88.9 cm³/mol. The highest BCUT2D eigenvalue weighted by Crippen LogP contribution is 2.30. The first kappa shape index (κ1) is 18.8. The summed E-state index contributed by atoms with van der Waals surface area (Å²) in [6, 6.07) is 7.55. The van der Waals surface area contributed by atoms with Crippen LogP contribution in [0, 0.1) is 0 Å². The Morgan fingerprint density at radius 1 is 1.13 bits per heavy atom. The molecule has 0 radical (unpaired) electrons. The van der Waals surface area contributed by atoms with E-state index in [9.17, 15) is 9.59 Å². The van der Waals surface area contributed by atoms with Crippen LogP contribution < -0.4 is 15.4 Å². The zero-order chi connectivity index (χ0) is 17.3. The molecule has 6 nitrogen and oxygen atoms in total. The summed E-state index contributed by atoms with van der Waals surface area (Å²) in [5.41, 5.74) is 1.11. The molecular formula is C17H26N2O4. The SMILES string of the molecule is CC(C)(C)c1ccccc1OCCNC(=O)NCCCC(=O)O. The third-order valence-corrected chi connectivity index (χ3v) is 3.19. The third-order valence-electron chi connectivity index (χ3n) is 3.19. The van der Waals surface area contributed by atoms with Gasteiger partial charge in [-0.15, -0.1) is 0 Å². The van der Waals surface area contributed by atoms with Crippen molar-refractivity contribution in [2.45, 2.75) is 39.0 Å². The summed E-state index contributed by atoms with van der Waals surface area (Å²) in [6.07, 6.45) is 0.463. The zero-order valence-corrected chi connectivity index (χ0v) is 14.0. The average Bonchev–Trinajstić information content (AvgIpc) is 2.47. The van der Waals surface area contributed by atoms with Crippen molar-refractivity contribution in [1.29, 1.82) is 0 Å². The van der Waals surface area contributed by atoms with Gasteiger partial charge in [-0.1, -0.05) is 39.0 Å². The Balaban J connectivity index is 2.28. The first-order valence-corrected chi connectivity index (χ1v) is 7.76. The molecule has 6 heteroatoms. The fourth-order valence-corrected chi connectivity index (χ4v) is 2.04. The van der Waals surface area contributed by atoms with Gasteiger partial charge in [0.25, 0.3) is 0 Å².